The fourth-order valence-electron chi connectivity index (χ4n) is 3.24. The van der Waals surface area contributed by atoms with Crippen LogP contribution in [-0.4, -0.2) is 37.4 Å². The van der Waals surface area contributed by atoms with Crippen LogP contribution in [0.3, 0.4) is 0 Å². The van der Waals surface area contributed by atoms with Gasteiger partial charge >= 0.3 is 6.09 Å². The smallest absolute Gasteiger partial charge is 0.411 e. The third-order valence-electron chi connectivity index (χ3n) is 4.42. The number of anilines is 1. The Labute approximate surface area is 116 Å². The number of hydrogen-bond donors (Lipinski definition) is 1. The highest BCUT2D eigenvalue weighted by atomic mass is 19.1. The molecule has 1 aromatic rings. The predicted molar refractivity (Wildman–Crippen MR) is 71.5 cm³/mol. The van der Waals surface area contributed by atoms with E-state index in [0.29, 0.717) is 23.5 Å². The Morgan fingerprint density at radius 1 is 1.45 bits per heavy atom. The summed E-state index contributed by atoms with van der Waals surface area (Å²) in [6.07, 6.45) is -0.300. The standard InChI is InChI=1S/C14H17FN2O3/c1-13-14(15,6-7-17(13)12(18)20-3)10-8-9(19-2)4-5-11(10)16-13/h4-5,8,16H,6-7H2,1-3H3. The summed E-state index contributed by atoms with van der Waals surface area (Å²) in [7, 11) is 2.85. The number of fused-ring (bicyclic) bond motifs is 3. The van der Waals surface area contributed by atoms with Crippen LogP contribution in [0.4, 0.5) is 14.9 Å². The van der Waals surface area contributed by atoms with Crippen LogP contribution in [0.1, 0.15) is 18.9 Å². The van der Waals surface area contributed by atoms with Gasteiger partial charge in [-0.05, 0) is 25.1 Å². The zero-order chi connectivity index (χ0) is 14.5. The number of hydrogen-bond acceptors (Lipinski definition) is 4. The Kier molecular flexibility index (Phi) is 2.61. The first kappa shape index (κ1) is 13.0. The first-order chi connectivity index (χ1) is 9.46. The molecule has 0 bridgehead atoms. The summed E-state index contributed by atoms with van der Waals surface area (Å²) < 4.78 is 25.5. The first-order valence-electron chi connectivity index (χ1n) is 6.47. The number of halogens is 1. The number of ether oxygens (including phenoxy) is 2. The number of carbonyl (C=O) groups is 1. The van der Waals surface area contributed by atoms with Crippen molar-refractivity contribution in [2.24, 2.45) is 0 Å². The van der Waals surface area contributed by atoms with E-state index in [1.165, 1.54) is 12.0 Å². The van der Waals surface area contributed by atoms with E-state index in [1.807, 2.05) is 0 Å². The molecule has 2 atom stereocenters. The highest BCUT2D eigenvalue weighted by molar-refractivity contribution is 5.74. The van der Waals surface area contributed by atoms with Crippen LogP contribution in [0, 0.1) is 0 Å². The minimum absolute atomic E-state index is 0.228. The normalized spacial score (nSPS) is 30.5. The molecule has 1 saturated heterocycles. The molecule has 1 aromatic carbocycles. The van der Waals surface area contributed by atoms with Gasteiger partial charge in [0.2, 0.25) is 0 Å². The van der Waals surface area contributed by atoms with Gasteiger partial charge in [0.15, 0.2) is 11.3 Å². The van der Waals surface area contributed by atoms with Crippen LogP contribution < -0.4 is 10.1 Å². The number of nitrogens with zero attached hydrogens (tertiary/aromatic N) is 1. The quantitative estimate of drug-likeness (QED) is 0.858. The molecule has 1 fully saturated rings. The lowest BCUT2D eigenvalue weighted by atomic mass is 9.88. The van der Waals surface area contributed by atoms with Gasteiger partial charge in [-0.2, -0.15) is 0 Å². The zero-order valence-electron chi connectivity index (χ0n) is 11.7. The van der Waals surface area contributed by atoms with Gasteiger partial charge in [-0.1, -0.05) is 0 Å². The summed E-state index contributed by atoms with van der Waals surface area (Å²) in [5.41, 5.74) is -1.56. The second-order valence-electron chi connectivity index (χ2n) is 5.28. The van der Waals surface area contributed by atoms with Crippen molar-refractivity contribution in [1.29, 1.82) is 0 Å². The Bertz CT molecular complexity index is 580. The monoisotopic (exact) mass is 280 g/mol. The maximum absolute atomic E-state index is 15.6. The number of alkyl halides is 1. The SMILES string of the molecule is COC(=O)N1CCC2(F)c3cc(OC)ccc3NC12C. The second-order valence-corrected chi connectivity index (χ2v) is 5.28. The maximum atomic E-state index is 15.6. The Balaban J connectivity index is 2.08. The third kappa shape index (κ3) is 1.39. The van der Waals surface area contributed by atoms with Gasteiger partial charge < -0.3 is 14.8 Å². The van der Waals surface area contributed by atoms with E-state index < -0.39 is 17.4 Å². The molecule has 6 heteroatoms. The first-order valence-corrected chi connectivity index (χ1v) is 6.47. The van der Waals surface area contributed by atoms with Crippen LogP contribution in [0.15, 0.2) is 18.2 Å². The van der Waals surface area contributed by atoms with Crippen molar-refractivity contribution in [3.05, 3.63) is 23.8 Å². The molecule has 2 heterocycles. The molecule has 1 amide bonds. The van der Waals surface area contributed by atoms with Gasteiger partial charge in [0.1, 0.15) is 5.75 Å². The zero-order valence-corrected chi connectivity index (χ0v) is 11.7. The van der Waals surface area contributed by atoms with Gasteiger partial charge in [-0.15, -0.1) is 0 Å². The van der Waals surface area contributed by atoms with Crippen molar-refractivity contribution < 1.29 is 18.7 Å². The maximum Gasteiger partial charge on any atom is 0.411 e. The van der Waals surface area contributed by atoms with Gasteiger partial charge in [-0.3, -0.25) is 4.90 Å². The largest absolute Gasteiger partial charge is 0.497 e. The summed E-state index contributed by atoms with van der Waals surface area (Å²) in [6.45, 7) is 1.99. The summed E-state index contributed by atoms with van der Waals surface area (Å²) >= 11 is 0. The minimum Gasteiger partial charge on any atom is -0.497 e. The molecule has 108 valence electrons. The van der Waals surface area contributed by atoms with Crippen molar-refractivity contribution in [2.45, 2.75) is 24.7 Å². The minimum atomic E-state index is -1.65. The van der Waals surface area contributed by atoms with Crippen molar-refractivity contribution in [2.75, 3.05) is 26.1 Å². The summed E-state index contributed by atoms with van der Waals surface area (Å²) in [5.74, 6) is 0.600. The second kappa shape index (κ2) is 4.01. The molecule has 0 aliphatic carbocycles. The van der Waals surface area contributed by atoms with E-state index in [0.717, 1.165) is 0 Å². The molecule has 3 rings (SSSR count). The number of nitrogens with one attached hydrogen (secondary N) is 1. The van der Waals surface area contributed by atoms with Gasteiger partial charge in [-0.25, -0.2) is 9.18 Å². The molecule has 2 aliphatic rings. The van der Waals surface area contributed by atoms with E-state index in [9.17, 15) is 4.79 Å². The third-order valence-corrected chi connectivity index (χ3v) is 4.42. The van der Waals surface area contributed by atoms with E-state index in [-0.39, 0.29) is 6.42 Å². The Morgan fingerprint density at radius 2 is 2.20 bits per heavy atom. The summed E-state index contributed by atoms with van der Waals surface area (Å²) in [5, 5.41) is 3.12. The van der Waals surface area contributed by atoms with Crippen LogP contribution in [0.25, 0.3) is 0 Å². The highest BCUT2D eigenvalue weighted by Gasteiger charge is 2.65. The van der Waals surface area contributed by atoms with E-state index >= 15 is 4.39 Å². The molecule has 2 aliphatic heterocycles. The van der Waals surface area contributed by atoms with Crippen LogP contribution >= 0.6 is 0 Å². The molecule has 1 N–H and O–H groups in total. The van der Waals surface area contributed by atoms with E-state index in [4.69, 9.17) is 9.47 Å². The highest BCUT2D eigenvalue weighted by Crippen LogP contribution is 2.56. The van der Waals surface area contributed by atoms with Crippen molar-refractivity contribution in [3.63, 3.8) is 0 Å². The molecular weight excluding hydrogens is 263 g/mol. The lowest BCUT2D eigenvalue weighted by Gasteiger charge is -2.37. The Hall–Kier alpha value is -1.98. The number of likely N-dealkylation sites (tertiary alicyclic amines) is 1. The number of amides is 1. The lowest BCUT2D eigenvalue weighted by molar-refractivity contribution is 0.0388. The number of rotatable bonds is 1. The number of methoxy groups -OCH3 is 2. The fourth-order valence-corrected chi connectivity index (χ4v) is 3.24. The molecular formula is C14H17FN2O3. The van der Waals surface area contributed by atoms with Crippen molar-refractivity contribution >= 4 is 11.8 Å². The molecule has 20 heavy (non-hydrogen) atoms. The van der Waals surface area contributed by atoms with Gasteiger partial charge in [0.05, 0.1) is 14.2 Å². The molecule has 0 radical (unpaired) electrons. The van der Waals surface area contributed by atoms with E-state index in [2.05, 4.69) is 5.32 Å². The van der Waals surface area contributed by atoms with Gasteiger partial charge in [0, 0.05) is 24.2 Å². The Morgan fingerprint density at radius 3 is 2.85 bits per heavy atom. The average molecular weight is 280 g/mol. The molecule has 0 saturated carbocycles. The molecule has 0 spiro atoms. The van der Waals surface area contributed by atoms with Crippen molar-refractivity contribution in [1.82, 2.24) is 4.90 Å². The van der Waals surface area contributed by atoms with Crippen LogP contribution in [-0.2, 0) is 10.4 Å². The number of carbonyl (C=O) groups excluding carboxylic acids is 1. The lowest BCUT2D eigenvalue weighted by Crippen LogP contribution is -2.55. The average Bonchev–Trinajstić information content (AvgIpc) is 2.83. The topological polar surface area (TPSA) is 50.8 Å². The van der Waals surface area contributed by atoms with Crippen LogP contribution in [0.2, 0.25) is 0 Å². The number of benzene rings is 1. The fraction of sp³-hybridized carbons (Fsp3) is 0.500. The molecule has 2 unspecified atom stereocenters. The van der Waals surface area contributed by atoms with Gasteiger partial charge in [0.25, 0.3) is 0 Å². The molecule has 5 nitrogen and oxygen atoms in total. The summed E-state index contributed by atoms with van der Waals surface area (Å²) in [6, 6.07) is 5.23. The molecule has 0 aromatic heterocycles. The summed E-state index contributed by atoms with van der Waals surface area (Å²) in [4.78, 5) is 13.3. The predicted octanol–water partition coefficient (Wildman–Crippen LogP) is 2.47. The van der Waals surface area contributed by atoms with E-state index in [1.54, 1.807) is 32.2 Å². The van der Waals surface area contributed by atoms with Crippen molar-refractivity contribution in [3.8, 4) is 5.75 Å². The van der Waals surface area contributed by atoms with Crippen LogP contribution in [0.5, 0.6) is 5.75 Å².